The van der Waals surface area contributed by atoms with Gasteiger partial charge in [-0.3, -0.25) is 0 Å². The van der Waals surface area contributed by atoms with Crippen molar-refractivity contribution in [3.05, 3.63) is 48.2 Å². The van der Waals surface area contributed by atoms with Gasteiger partial charge in [-0.05, 0) is 30.3 Å². The molecule has 0 spiro atoms. The minimum Gasteiger partial charge on any atom is -0.308 e. The zero-order valence-electron chi connectivity index (χ0n) is 10.9. The Kier molecular flexibility index (Phi) is 4.64. The van der Waals surface area contributed by atoms with Gasteiger partial charge in [0.15, 0.2) is 9.84 Å². The van der Waals surface area contributed by atoms with Crippen LogP contribution in [0.1, 0.15) is 5.56 Å². The Hall–Kier alpha value is -1.57. The normalized spacial score (nSPS) is 11.3. The van der Waals surface area contributed by atoms with E-state index in [4.69, 9.17) is 5.84 Å². The molecule has 5 nitrogen and oxygen atoms in total. The van der Waals surface area contributed by atoms with Crippen molar-refractivity contribution in [3.8, 4) is 0 Å². The van der Waals surface area contributed by atoms with Crippen LogP contribution < -0.4 is 11.3 Å². The number of anilines is 1. The molecule has 106 valence electrons. The molecular weight excluding hydrogens is 294 g/mol. The van der Waals surface area contributed by atoms with Crippen molar-refractivity contribution in [2.75, 3.05) is 11.7 Å². The average molecular weight is 309 g/mol. The van der Waals surface area contributed by atoms with E-state index >= 15 is 0 Å². The molecule has 0 fully saturated rings. The molecule has 1 aromatic heterocycles. The summed E-state index contributed by atoms with van der Waals surface area (Å²) in [5.41, 5.74) is 3.55. The lowest BCUT2D eigenvalue weighted by Gasteiger charge is -2.07. The van der Waals surface area contributed by atoms with Gasteiger partial charge in [0.1, 0.15) is 5.82 Å². The van der Waals surface area contributed by atoms with Gasteiger partial charge in [-0.15, -0.1) is 11.8 Å². The molecule has 0 amide bonds. The number of nitrogen functional groups attached to an aromatic ring is 1. The SMILES string of the molecule is CS(=O)(=O)c1ccc(SCc2cccnc2NN)cc1. The minimum atomic E-state index is -3.14. The molecule has 2 rings (SSSR count). The number of aromatic nitrogens is 1. The lowest BCUT2D eigenvalue weighted by atomic mass is 10.3. The van der Waals surface area contributed by atoms with Crippen molar-refractivity contribution in [3.63, 3.8) is 0 Å². The van der Waals surface area contributed by atoms with Crippen LogP contribution in [0.4, 0.5) is 5.82 Å². The standard InChI is InChI=1S/C13H15N3O2S2/c1-20(17,18)12-6-4-11(5-7-12)19-9-10-3-2-8-15-13(10)16-14/h2-8H,9,14H2,1H3,(H,15,16). The number of nitrogens with zero attached hydrogens (tertiary/aromatic N) is 1. The summed E-state index contributed by atoms with van der Waals surface area (Å²) < 4.78 is 22.7. The highest BCUT2D eigenvalue weighted by Crippen LogP contribution is 2.26. The predicted octanol–water partition coefficient (Wildman–Crippen LogP) is 2.06. The van der Waals surface area contributed by atoms with Crippen molar-refractivity contribution in [1.82, 2.24) is 4.98 Å². The highest BCUT2D eigenvalue weighted by atomic mass is 32.2. The van der Waals surface area contributed by atoms with Gasteiger partial charge in [0.2, 0.25) is 0 Å². The number of benzene rings is 1. The summed E-state index contributed by atoms with van der Waals surface area (Å²) in [6, 6.07) is 10.6. The van der Waals surface area contributed by atoms with E-state index in [1.54, 1.807) is 42.2 Å². The van der Waals surface area contributed by atoms with E-state index in [0.717, 1.165) is 10.5 Å². The van der Waals surface area contributed by atoms with Gasteiger partial charge >= 0.3 is 0 Å². The first-order valence-corrected chi connectivity index (χ1v) is 8.72. The molecule has 2 aromatic rings. The van der Waals surface area contributed by atoms with E-state index < -0.39 is 9.84 Å². The minimum absolute atomic E-state index is 0.326. The van der Waals surface area contributed by atoms with Crippen molar-refractivity contribution in [1.29, 1.82) is 0 Å². The lowest BCUT2D eigenvalue weighted by molar-refractivity contribution is 0.602. The van der Waals surface area contributed by atoms with Crippen LogP contribution in [0.2, 0.25) is 0 Å². The van der Waals surface area contributed by atoms with Gasteiger partial charge in [-0.25, -0.2) is 19.2 Å². The van der Waals surface area contributed by atoms with Gasteiger partial charge < -0.3 is 5.43 Å². The average Bonchev–Trinajstić information content (AvgIpc) is 2.45. The zero-order valence-corrected chi connectivity index (χ0v) is 12.5. The van der Waals surface area contributed by atoms with Gasteiger partial charge in [0, 0.05) is 28.7 Å². The fraction of sp³-hybridized carbons (Fsp3) is 0.154. The highest BCUT2D eigenvalue weighted by Gasteiger charge is 2.07. The van der Waals surface area contributed by atoms with Gasteiger partial charge in [0.05, 0.1) is 4.90 Å². The third kappa shape index (κ3) is 3.72. The number of pyridine rings is 1. The Labute approximate surface area is 122 Å². The molecule has 20 heavy (non-hydrogen) atoms. The Balaban J connectivity index is 2.08. The first kappa shape index (κ1) is 14.8. The number of hydrogen-bond donors (Lipinski definition) is 2. The number of sulfone groups is 1. The van der Waals surface area contributed by atoms with Crippen molar-refractivity contribution in [2.24, 2.45) is 5.84 Å². The molecule has 1 heterocycles. The lowest BCUT2D eigenvalue weighted by Crippen LogP contribution is -2.10. The van der Waals surface area contributed by atoms with E-state index in [1.165, 1.54) is 6.26 Å². The number of nitrogens with one attached hydrogen (secondary N) is 1. The van der Waals surface area contributed by atoms with E-state index in [1.807, 2.05) is 12.1 Å². The number of nitrogens with two attached hydrogens (primary N) is 1. The monoisotopic (exact) mass is 309 g/mol. The maximum absolute atomic E-state index is 11.4. The fourth-order valence-corrected chi connectivity index (χ4v) is 3.14. The van der Waals surface area contributed by atoms with Gasteiger partial charge in [-0.1, -0.05) is 6.07 Å². The second-order valence-corrected chi connectivity index (χ2v) is 7.25. The number of hydrazine groups is 1. The number of thioether (sulfide) groups is 1. The molecule has 0 aliphatic carbocycles. The molecule has 0 bridgehead atoms. The first-order chi connectivity index (χ1) is 9.50. The second kappa shape index (κ2) is 6.25. The maximum Gasteiger partial charge on any atom is 0.175 e. The molecule has 0 atom stereocenters. The summed E-state index contributed by atoms with van der Waals surface area (Å²) in [5.74, 6) is 6.74. The highest BCUT2D eigenvalue weighted by molar-refractivity contribution is 7.98. The largest absolute Gasteiger partial charge is 0.308 e. The third-order valence-electron chi connectivity index (χ3n) is 2.67. The summed E-state index contributed by atoms with van der Waals surface area (Å²) >= 11 is 1.59. The number of rotatable bonds is 5. The summed E-state index contributed by atoms with van der Waals surface area (Å²) in [5, 5.41) is 0. The van der Waals surface area contributed by atoms with Crippen LogP contribution in [0.3, 0.4) is 0 Å². The second-order valence-electron chi connectivity index (χ2n) is 4.19. The summed E-state index contributed by atoms with van der Waals surface area (Å²) in [4.78, 5) is 5.44. The van der Waals surface area contributed by atoms with Crippen LogP contribution in [-0.4, -0.2) is 19.7 Å². The van der Waals surface area contributed by atoms with Crippen molar-refractivity contribution >= 4 is 27.4 Å². The van der Waals surface area contributed by atoms with Crippen LogP contribution in [0, 0.1) is 0 Å². The van der Waals surface area contributed by atoms with Crippen LogP contribution in [0.25, 0.3) is 0 Å². The van der Waals surface area contributed by atoms with Gasteiger partial charge in [-0.2, -0.15) is 0 Å². The molecule has 7 heteroatoms. The zero-order chi connectivity index (χ0) is 14.6. The quantitative estimate of drug-likeness (QED) is 0.499. The summed E-state index contributed by atoms with van der Waals surface area (Å²) in [6.07, 6.45) is 2.87. The van der Waals surface area contributed by atoms with Crippen LogP contribution in [0.15, 0.2) is 52.4 Å². The van der Waals surface area contributed by atoms with E-state index in [9.17, 15) is 8.42 Å². The molecule has 0 unspecified atom stereocenters. The Morgan fingerprint density at radius 1 is 1.25 bits per heavy atom. The maximum atomic E-state index is 11.4. The van der Waals surface area contributed by atoms with Crippen LogP contribution in [0.5, 0.6) is 0 Å². The smallest absolute Gasteiger partial charge is 0.175 e. The molecule has 3 N–H and O–H groups in total. The Morgan fingerprint density at radius 2 is 1.95 bits per heavy atom. The van der Waals surface area contributed by atoms with Gasteiger partial charge in [0.25, 0.3) is 0 Å². The molecule has 0 aliphatic heterocycles. The Morgan fingerprint density at radius 3 is 2.55 bits per heavy atom. The van der Waals surface area contributed by atoms with Crippen LogP contribution >= 0.6 is 11.8 Å². The molecular formula is C13H15N3O2S2. The number of hydrogen-bond acceptors (Lipinski definition) is 6. The fourth-order valence-electron chi connectivity index (χ4n) is 1.63. The van der Waals surface area contributed by atoms with Crippen molar-refractivity contribution in [2.45, 2.75) is 15.5 Å². The topological polar surface area (TPSA) is 85.1 Å². The first-order valence-electron chi connectivity index (χ1n) is 5.84. The molecule has 0 radical (unpaired) electrons. The van der Waals surface area contributed by atoms with E-state index in [0.29, 0.717) is 16.5 Å². The summed E-state index contributed by atoms with van der Waals surface area (Å²) in [7, 11) is -3.14. The summed E-state index contributed by atoms with van der Waals surface area (Å²) in [6.45, 7) is 0. The van der Waals surface area contributed by atoms with E-state index in [-0.39, 0.29) is 0 Å². The third-order valence-corrected chi connectivity index (χ3v) is 4.86. The predicted molar refractivity (Wildman–Crippen MR) is 81.2 cm³/mol. The molecule has 0 saturated carbocycles. The van der Waals surface area contributed by atoms with E-state index in [2.05, 4.69) is 10.4 Å². The van der Waals surface area contributed by atoms with Crippen LogP contribution in [-0.2, 0) is 15.6 Å². The molecule has 1 aromatic carbocycles. The van der Waals surface area contributed by atoms with Crippen molar-refractivity contribution < 1.29 is 8.42 Å². The Bertz CT molecular complexity index is 685. The molecule has 0 saturated heterocycles. The molecule has 0 aliphatic rings.